The summed E-state index contributed by atoms with van der Waals surface area (Å²) in [6, 6.07) is 0. The van der Waals surface area contributed by atoms with Gasteiger partial charge in [-0.3, -0.25) is 14.4 Å². The summed E-state index contributed by atoms with van der Waals surface area (Å²) >= 11 is 0. The maximum atomic E-state index is 11.1. The van der Waals surface area contributed by atoms with Gasteiger partial charge in [0.2, 0.25) is 0 Å². The second-order valence-electron chi connectivity index (χ2n) is 13.5. The summed E-state index contributed by atoms with van der Waals surface area (Å²) in [6.07, 6.45) is 5.67. The van der Waals surface area contributed by atoms with Crippen molar-refractivity contribution in [1.29, 1.82) is 0 Å². The minimum absolute atomic E-state index is 0.0101. The molecule has 4 rings (SSSR count). The number of rotatable bonds is 11. The third-order valence-corrected chi connectivity index (χ3v) is 9.52. The summed E-state index contributed by atoms with van der Waals surface area (Å²) in [6.45, 7) is 4.52. The fourth-order valence-corrected chi connectivity index (χ4v) is 6.79. The Kier molecular flexibility index (Phi) is 28.2. The molecular weight excluding hydrogens is 696 g/mol. The van der Waals surface area contributed by atoms with Crippen LogP contribution in [0.3, 0.4) is 0 Å². The molecule has 13 nitrogen and oxygen atoms in total. The molecule has 19 heteroatoms. The van der Waals surface area contributed by atoms with Crippen molar-refractivity contribution in [3.8, 4) is 0 Å². The molecule has 4 saturated carbocycles. The van der Waals surface area contributed by atoms with E-state index in [4.69, 9.17) is 76.1 Å². The maximum absolute atomic E-state index is 11.1. The van der Waals surface area contributed by atoms with Gasteiger partial charge in [-0.2, -0.15) is 0 Å². The van der Waals surface area contributed by atoms with Gasteiger partial charge in [0.25, 0.3) is 0 Å². The number of carbonyl (C=O) groups is 3. The third-order valence-electron chi connectivity index (χ3n) is 9.13. The normalized spacial score (nSPS) is 33.5. The Labute approximate surface area is 314 Å². The van der Waals surface area contributed by atoms with E-state index in [9.17, 15) is 19.5 Å². The highest BCUT2D eigenvalue weighted by Gasteiger charge is 2.35. The predicted molar refractivity (Wildman–Crippen MR) is 203 cm³/mol. The summed E-state index contributed by atoms with van der Waals surface area (Å²) in [5.41, 5.74) is 5.10. The molecule has 0 aromatic rings. The van der Waals surface area contributed by atoms with Crippen LogP contribution >= 0.6 is 18.9 Å². The quantitative estimate of drug-likeness (QED) is 0.100. The van der Waals surface area contributed by atoms with E-state index in [-0.39, 0.29) is 104 Å². The van der Waals surface area contributed by atoms with E-state index in [0.29, 0.717) is 38.9 Å². The maximum Gasteiger partial charge on any atom is 0.319 e. The molecule has 4 fully saturated rings. The van der Waals surface area contributed by atoms with Crippen LogP contribution < -0.4 is 5.73 Å². The van der Waals surface area contributed by atoms with Gasteiger partial charge in [0.15, 0.2) is 0 Å². The Balaban J connectivity index is 0.000000633. The second kappa shape index (κ2) is 28.7. The van der Waals surface area contributed by atoms with Crippen molar-refractivity contribution in [1.82, 2.24) is 0 Å². The summed E-state index contributed by atoms with van der Waals surface area (Å²) in [7, 11) is 27.0. The van der Waals surface area contributed by atoms with E-state index < -0.39 is 11.9 Å². The number of aliphatic hydroxyl groups excluding tert-OH is 4. The van der Waals surface area contributed by atoms with Crippen LogP contribution in [0, 0.1) is 23.7 Å². The number of carboxylic acids is 1. The molecule has 0 aliphatic heterocycles. The molecule has 4 aliphatic carbocycles. The second-order valence-corrected chi connectivity index (χ2v) is 14.2. The smallest absolute Gasteiger partial charge is 0.319 e. The average Bonchev–Trinajstić information content (AvgIpc) is 3.82. The van der Waals surface area contributed by atoms with Crippen molar-refractivity contribution in [2.24, 2.45) is 29.4 Å². The van der Waals surface area contributed by atoms with E-state index in [0.717, 1.165) is 32.1 Å². The van der Waals surface area contributed by atoms with Crippen LogP contribution in [-0.4, -0.2) is 132 Å². The number of carboxylic acid groups (broad SMARTS) is 1. The standard InChI is InChI=1S/C9H16BO3P.C8H14BNO3.C6H12BO2P.C6H11BO2.C3H6O2/c1-2-9(11)13-8-4-7(10)3-6(8)5-12-14;9-6-1-5(4-11)7(2-6)13-8(12)3-10;7-5-1-4(3-9-10)6(8)2-5;7-5-1-4(3-8)6(9)2-5;1-2-3(4)5/h6-8H,2-5,14H2,1H3;5-7,11H,1-4,10H2;4-6,8H,1-3,10H2;4-6,8-9H,1-3H2;2H2,1H3,(H,4,5)/t6-,7-,8-;5-,6-,7-;2*4-,5-,6-;/m0000./s1. The minimum atomic E-state index is -0.745. The van der Waals surface area contributed by atoms with Crippen molar-refractivity contribution in [2.45, 2.75) is 126 Å². The highest BCUT2D eigenvalue weighted by atomic mass is 31.0. The Morgan fingerprint density at radius 1 is 0.627 bits per heavy atom. The van der Waals surface area contributed by atoms with Crippen LogP contribution in [0.5, 0.6) is 0 Å². The first-order chi connectivity index (χ1) is 24.1. The fraction of sp³-hybridized carbons (Fsp3) is 0.906. The topological polar surface area (TPSA) is 215 Å². The van der Waals surface area contributed by atoms with Crippen LogP contribution in [0.4, 0.5) is 0 Å². The summed E-state index contributed by atoms with van der Waals surface area (Å²) in [5, 5.41) is 43.8. The molecule has 4 aliphatic rings. The first kappa shape index (κ1) is 50.2. The fourth-order valence-electron chi connectivity index (χ4n) is 6.29. The van der Waals surface area contributed by atoms with E-state index in [1.807, 2.05) is 0 Å². The van der Waals surface area contributed by atoms with Crippen LogP contribution in [-0.2, 0) is 32.9 Å². The largest absolute Gasteiger partial charge is 0.481 e. The first-order valence-corrected chi connectivity index (χ1v) is 18.6. The number of ether oxygens (including phenoxy) is 2. The number of hydrogen-bond acceptors (Lipinski definition) is 12. The molecule has 0 aromatic heterocycles. The number of nitrogens with two attached hydrogens (primary N) is 1. The van der Waals surface area contributed by atoms with Gasteiger partial charge in [-0.05, 0) is 38.5 Å². The predicted octanol–water partition coefficient (Wildman–Crippen LogP) is 1.41. The Morgan fingerprint density at radius 2 is 1.00 bits per heavy atom. The molecule has 7 N–H and O–H groups in total. The molecule has 2 unspecified atom stereocenters. The average molecular weight is 755 g/mol. The summed E-state index contributed by atoms with van der Waals surface area (Å²) in [4.78, 5) is 31.3. The molecule has 0 aromatic carbocycles. The van der Waals surface area contributed by atoms with Crippen LogP contribution in [0.15, 0.2) is 0 Å². The zero-order valence-electron chi connectivity index (χ0n) is 30.2. The minimum Gasteiger partial charge on any atom is -0.481 e. The molecule has 14 atom stereocenters. The van der Waals surface area contributed by atoms with Gasteiger partial charge in [-0.1, -0.05) is 50.0 Å². The van der Waals surface area contributed by atoms with Crippen LogP contribution in [0.1, 0.15) is 78.1 Å². The molecule has 51 heavy (non-hydrogen) atoms. The summed E-state index contributed by atoms with van der Waals surface area (Å²) in [5.74, 6) is -0.420. The highest BCUT2D eigenvalue weighted by Crippen LogP contribution is 2.37. The Morgan fingerprint density at radius 3 is 1.35 bits per heavy atom. The number of carbonyl (C=O) groups excluding carboxylic acids is 2. The Bertz CT molecular complexity index is 968. The SMILES string of the molecule is CCC(=O)O.[B][C@H]1C[C@@H](CO)[C@@H](O)C1.[B][C@H]1C[C@@H](CO)[C@@H](OC(=O)CN)C1.[B][C@H]1C[C@@H](COP)[C@@H](O)C1.[B][C@H]1C[C@@H](COP)[C@@H](OC(=O)CC)C1. The van der Waals surface area contributed by atoms with Gasteiger partial charge in [0.05, 0.1) is 63.4 Å². The molecule has 0 amide bonds. The lowest BCUT2D eigenvalue weighted by atomic mass is 9.85. The van der Waals surface area contributed by atoms with Crippen molar-refractivity contribution in [3.05, 3.63) is 0 Å². The Hall–Kier alpha value is -0.750. The van der Waals surface area contributed by atoms with Crippen LogP contribution in [0.25, 0.3) is 0 Å². The summed E-state index contributed by atoms with van der Waals surface area (Å²) < 4.78 is 20.2. The lowest BCUT2D eigenvalue weighted by molar-refractivity contribution is -0.151. The van der Waals surface area contributed by atoms with E-state index >= 15 is 0 Å². The third kappa shape index (κ3) is 21.7. The number of aliphatic carboxylic acids is 1. The van der Waals surface area contributed by atoms with Gasteiger partial charge in [0.1, 0.15) is 12.2 Å². The first-order valence-electron chi connectivity index (χ1n) is 17.6. The zero-order chi connectivity index (χ0) is 39.1. The monoisotopic (exact) mass is 755 g/mol. The molecule has 0 bridgehead atoms. The lowest BCUT2D eigenvalue weighted by Gasteiger charge is -2.18. The van der Waals surface area contributed by atoms with Crippen molar-refractivity contribution in [3.63, 3.8) is 0 Å². The van der Waals surface area contributed by atoms with Gasteiger partial charge >= 0.3 is 17.9 Å². The van der Waals surface area contributed by atoms with Crippen molar-refractivity contribution >= 4 is 68.2 Å². The molecule has 0 saturated heterocycles. The molecule has 286 valence electrons. The van der Waals surface area contributed by atoms with Gasteiger partial charge in [0, 0.05) is 68.7 Å². The van der Waals surface area contributed by atoms with E-state index in [2.05, 4.69) is 18.9 Å². The van der Waals surface area contributed by atoms with Crippen molar-refractivity contribution in [2.75, 3.05) is 33.0 Å². The van der Waals surface area contributed by atoms with E-state index in [1.54, 1.807) is 13.8 Å². The lowest BCUT2D eigenvalue weighted by Crippen LogP contribution is -2.28. The molecule has 0 heterocycles. The zero-order valence-corrected chi connectivity index (χ0v) is 32.5. The highest BCUT2D eigenvalue weighted by molar-refractivity contribution is 7.10. The number of esters is 2. The molecule has 8 radical (unpaired) electrons. The van der Waals surface area contributed by atoms with Gasteiger partial charge < -0.3 is 49.8 Å². The van der Waals surface area contributed by atoms with Crippen molar-refractivity contribution < 1.29 is 58.4 Å². The van der Waals surface area contributed by atoms with Gasteiger partial charge in [-0.25, -0.2) is 0 Å². The van der Waals surface area contributed by atoms with Gasteiger partial charge in [-0.15, -0.1) is 0 Å². The molecule has 0 spiro atoms. The molecular formula is C32H59B4NO12P2. The number of aliphatic hydroxyl groups is 4. The number of hydrogen-bond donors (Lipinski definition) is 6. The van der Waals surface area contributed by atoms with E-state index in [1.165, 1.54) is 0 Å². The van der Waals surface area contributed by atoms with Crippen LogP contribution in [0.2, 0.25) is 23.3 Å².